The molecule has 15 nitrogen and oxygen atoms in total. The van der Waals surface area contributed by atoms with Gasteiger partial charge in [0.05, 0.1) is 28.1 Å². The normalized spacial score (nSPS) is 22.0. The Morgan fingerprint density at radius 3 is 2.29 bits per heavy atom. The lowest BCUT2D eigenvalue weighted by Crippen LogP contribution is -2.70. The van der Waals surface area contributed by atoms with Gasteiger partial charge in [0.1, 0.15) is 24.1 Å². The molecular formula is C54H56N4O11. The molecule has 1 fully saturated rings. The predicted octanol–water partition coefficient (Wildman–Crippen LogP) is 9.94. The van der Waals surface area contributed by atoms with E-state index in [0.717, 1.165) is 40.3 Å². The number of oxime groups is 1. The summed E-state index contributed by atoms with van der Waals surface area (Å²) in [7, 11) is 0. The monoisotopic (exact) mass is 936 g/mol. The van der Waals surface area contributed by atoms with Crippen molar-refractivity contribution in [3.8, 4) is 11.5 Å². The number of unbranched alkanes of at least 4 members (excludes halogenated alkanes) is 2. The van der Waals surface area contributed by atoms with E-state index in [1.807, 2.05) is 42.5 Å². The number of ether oxygens (including phenoxy) is 2. The number of allylic oxidation sites excluding steroid dienone is 1. The van der Waals surface area contributed by atoms with E-state index in [-0.39, 0.29) is 74.3 Å². The molecule has 69 heavy (non-hydrogen) atoms. The van der Waals surface area contributed by atoms with E-state index in [0.29, 0.717) is 48.3 Å². The molecule has 0 spiro atoms. The van der Waals surface area contributed by atoms with E-state index in [9.17, 15) is 35.5 Å². The van der Waals surface area contributed by atoms with Crippen LogP contribution < -0.4 is 4.74 Å². The first kappa shape index (κ1) is 48.3. The third kappa shape index (κ3) is 10.5. The summed E-state index contributed by atoms with van der Waals surface area (Å²) in [5.74, 6) is -2.62. The number of phenols is 1. The topological polar surface area (TPSA) is 207 Å². The number of aliphatic hydroxyl groups is 2. The number of aliphatic hydroxyl groups excluding tert-OH is 2. The lowest BCUT2D eigenvalue weighted by molar-refractivity contribution is -0.385. The highest BCUT2D eigenvalue weighted by molar-refractivity contribution is 6.03. The number of phenolic OH excluding ortho intramolecular Hbond substituents is 1. The molecule has 1 saturated carbocycles. The molecule has 8 rings (SSSR count). The van der Waals surface area contributed by atoms with Crippen molar-refractivity contribution in [2.45, 2.75) is 75.8 Å². The molecule has 5 aromatic carbocycles. The van der Waals surface area contributed by atoms with Gasteiger partial charge in [-0.3, -0.25) is 25.0 Å². The first-order chi connectivity index (χ1) is 33.5. The quantitative estimate of drug-likeness (QED) is 0.0207. The van der Waals surface area contributed by atoms with Crippen LogP contribution in [-0.4, -0.2) is 73.3 Å². The Kier molecular flexibility index (Phi) is 15.3. The molecule has 0 aromatic heterocycles. The zero-order chi connectivity index (χ0) is 48.5. The van der Waals surface area contributed by atoms with Crippen LogP contribution in [0.5, 0.6) is 11.5 Å². The van der Waals surface area contributed by atoms with Gasteiger partial charge in [-0.25, -0.2) is 0 Å². The van der Waals surface area contributed by atoms with E-state index in [4.69, 9.17) is 19.5 Å². The minimum atomic E-state index is -1.60. The third-order valence-corrected chi connectivity index (χ3v) is 13.6. The SMILES string of the molecule is C=CCOC12Oc3ccc(O)cc3C3C(CCCCO)C(CCCCO)C=C(C(=NOCc4ccc([N+](=O)[O-])cc4)CC1N(Cc1cccc4ccccc14)C(=O)C=Cc1ccc([N+](=O)[O-])cc1)C32. The second-order valence-corrected chi connectivity index (χ2v) is 17.8. The average Bonchev–Trinajstić information content (AvgIpc) is 3.36. The lowest BCUT2D eigenvalue weighted by atomic mass is 9.55. The molecule has 0 saturated heterocycles. The molecule has 15 heteroatoms. The summed E-state index contributed by atoms with van der Waals surface area (Å²) in [5, 5.41) is 60.8. The van der Waals surface area contributed by atoms with Crippen LogP contribution >= 0.6 is 0 Å². The summed E-state index contributed by atoms with van der Waals surface area (Å²) >= 11 is 0. The van der Waals surface area contributed by atoms with Gasteiger partial charge >= 0.3 is 0 Å². The van der Waals surface area contributed by atoms with Crippen LogP contribution in [0, 0.1) is 38.0 Å². The number of hydrogen-bond donors (Lipinski definition) is 3. The fraction of sp³-hybridized carbons (Fsp3) is 0.333. The lowest BCUT2D eigenvalue weighted by Gasteiger charge is -2.60. The van der Waals surface area contributed by atoms with Gasteiger partial charge in [0.2, 0.25) is 11.7 Å². The zero-order valence-corrected chi connectivity index (χ0v) is 38.2. The molecule has 358 valence electrons. The summed E-state index contributed by atoms with van der Waals surface area (Å²) < 4.78 is 14.4. The molecule has 6 unspecified atom stereocenters. The van der Waals surface area contributed by atoms with Crippen LogP contribution in [-0.2, 0) is 27.5 Å². The number of carbonyl (C=O) groups is 1. The number of aromatic hydroxyl groups is 1. The summed E-state index contributed by atoms with van der Waals surface area (Å²) in [6.07, 6.45) is 11.1. The van der Waals surface area contributed by atoms with E-state index < -0.39 is 33.5 Å². The molecule has 5 aromatic rings. The number of nitrogens with zero attached hydrogens (tertiary/aromatic N) is 4. The molecule has 0 bridgehead atoms. The Morgan fingerprint density at radius 1 is 0.884 bits per heavy atom. The van der Waals surface area contributed by atoms with Gasteiger partial charge < -0.3 is 34.5 Å². The standard InChI is InChI=1S/C54H56N4O11/c1-2-30-67-54-50(56(34-40-13-9-12-38-10-3-4-14-44(38)40)51(62)27-20-36-16-21-41(22-17-36)57(63)64)33-48(55-68-35-37-18-23-42(24-19-37)58(65)66)46-31-39(11-5-7-28-59)45(15-6-8-29-60)52(53(46)54)47-32-43(61)25-26-49(47)69-54/h2-4,9-10,12-14,16-27,31-32,39,45,50,52-53,59-61H,1,5-8,11,15,28-30,33-35H2. The molecule has 1 heterocycles. The fourth-order valence-corrected chi connectivity index (χ4v) is 10.5. The van der Waals surface area contributed by atoms with Gasteiger partial charge in [-0.05, 0) is 119 Å². The number of carbonyl (C=O) groups excluding carboxylic acids is 1. The van der Waals surface area contributed by atoms with E-state index in [1.54, 1.807) is 59.5 Å². The van der Waals surface area contributed by atoms with Crippen LogP contribution in [0.15, 0.2) is 145 Å². The highest BCUT2D eigenvalue weighted by Gasteiger charge is 2.65. The molecule has 1 aliphatic heterocycles. The number of rotatable bonds is 21. The largest absolute Gasteiger partial charge is 0.508 e. The maximum Gasteiger partial charge on any atom is 0.269 e. The predicted molar refractivity (Wildman–Crippen MR) is 261 cm³/mol. The van der Waals surface area contributed by atoms with Gasteiger partial charge in [-0.2, -0.15) is 0 Å². The summed E-state index contributed by atoms with van der Waals surface area (Å²) in [4.78, 5) is 45.3. The second-order valence-electron chi connectivity index (χ2n) is 17.8. The van der Waals surface area contributed by atoms with Crippen molar-refractivity contribution < 1.29 is 44.3 Å². The number of nitro groups is 2. The minimum Gasteiger partial charge on any atom is -0.508 e. The van der Waals surface area contributed by atoms with Gasteiger partial charge in [-0.15, -0.1) is 6.58 Å². The number of benzene rings is 5. The van der Waals surface area contributed by atoms with Gasteiger partial charge in [-0.1, -0.05) is 72.6 Å². The number of amides is 1. The molecule has 0 radical (unpaired) electrons. The van der Waals surface area contributed by atoms with Crippen molar-refractivity contribution in [2.24, 2.45) is 22.9 Å². The Bertz CT molecular complexity index is 2750. The van der Waals surface area contributed by atoms with Crippen molar-refractivity contribution in [1.29, 1.82) is 0 Å². The maximum atomic E-state index is 15.4. The van der Waals surface area contributed by atoms with Crippen LogP contribution in [0.3, 0.4) is 0 Å². The van der Waals surface area contributed by atoms with Crippen LogP contribution in [0.4, 0.5) is 11.4 Å². The first-order valence-corrected chi connectivity index (χ1v) is 23.4. The van der Waals surface area contributed by atoms with Gasteiger partial charge in [0.15, 0.2) is 0 Å². The van der Waals surface area contributed by atoms with Crippen LogP contribution in [0.2, 0.25) is 0 Å². The second kappa shape index (κ2) is 21.8. The molecule has 1 amide bonds. The molecule has 2 aliphatic carbocycles. The van der Waals surface area contributed by atoms with Crippen molar-refractivity contribution in [3.05, 3.63) is 182 Å². The van der Waals surface area contributed by atoms with Crippen LogP contribution in [0.25, 0.3) is 16.8 Å². The van der Waals surface area contributed by atoms with Gasteiger partial charge in [0, 0.05) is 68.0 Å². The number of non-ortho nitro benzene ring substituents is 2. The Labute approximate surface area is 399 Å². The number of nitro benzene ring substituents is 2. The fourth-order valence-electron chi connectivity index (χ4n) is 10.5. The molecule has 6 atom stereocenters. The molecule has 3 aliphatic rings. The van der Waals surface area contributed by atoms with E-state index in [2.05, 4.69) is 12.7 Å². The van der Waals surface area contributed by atoms with E-state index >= 15 is 4.79 Å². The average molecular weight is 937 g/mol. The Balaban J connectivity index is 1.34. The molecular weight excluding hydrogens is 881 g/mol. The highest BCUT2D eigenvalue weighted by atomic mass is 16.7. The number of fused-ring (bicyclic) bond motifs is 3. The smallest absolute Gasteiger partial charge is 0.269 e. The van der Waals surface area contributed by atoms with Crippen molar-refractivity contribution >= 4 is 39.8 Å². The van der Waals surface area contributed by atoms with Crippen molar-refractivity contribution in [1.82, 2.24) is 4.90 Å². The summed E-state index contributed by atoms with van der Waals surface area (Å²) in [6.45, 7) is 4.20. The van der Waals surface area contributed by atoms with Crippen molar-refractivity contribution in [2.75, 3.05) is 19.8 Å². The Hall–Kier alpha value is -7.20. The van der Waals surface area contributed by atoms with Crippen LogP contribution in [0.1, 0.15) is 73.1 Å². The van der Waals surface area contributed by atoms with E-state index in [1.165, 1.54) is 30.3 Å². The highest BCUT2D eigenvalue weighted by Crippen LogP contribution is 2.62. The third-order valence-electron chi connectivity index (χ3n) is 13.6. The first-order valence-electron chi connectivity index (χ1n) is 23.4. The zero-order valence-electron chi connectivity index (χ0n) is 38.2. The Morgan fingerprint density at radius 2 is 1.58 bits per heavy atom. The maximum absolute atomic E-state index is 15.4. The van der Waals surface area contributed by atoms with Crippen molar-refractivity contribution in [3.63, 3.8) is 0 Å². The minimum absolute atomic E-state index is 0.0147. The summed E-state index contributed by atoms with van der Waals surface area (Å²) in [6, 6.07) is 29.9. The van der Waals surface area contributed by atoms with Gasteiger partial charge in [0.25, 0.3) is 11.4 Å². The summed E-state index contributed by atoms with van der Waals surface area (Å²) in [5.41, 5.74) is 4.03. The molecule has 3 N–H and O–H groups in total. The number of hydrogen-bond acceptors (Lipinski definition) is 12.